The number of H-pyrrole nitrogens is 1. The summed E-state index contributed by atoms with van der Waals surface area (Å²) in [7, 11) is 0. The van der Waals surface area contributed by atoms with Gasteiger partial charge in [-0.05, 0) is 76.1 Å². The van der Waals surface area contributed by atoms with Crippen LogP contribution in [0.4, 0.5) is 5.69 Å². The zero-order valence-electron chi connectivity index (χ0n) is 21.3. The van der Waals surface area contributed by atoms with Gasteiger partial charge in [0, 0.05) is 29.2 Å². The number of hydrogen-bond acceptors (Lipinski definition) is 4. The fourth-order valence-corrected chi connectivity index (χ4v) is 5.05. The normalized spacial score (nSPS) is 18.9. The molecule has 1 saturated carbocycles. The van der Waals surface area contributed by atoms with Gasteiger partial charge in [0.15, 0.2) is 0 Å². The highest BCUT2D eigenvalue weighted by Crippen LogP contribution is 2.32. The molecule has 0 unspecified atom stereocenters. The number of carbonyl (C=O) groups excluding carboxylic acids is 2. The summed E-state index contributed by atoms with van der Waals surface area (Å²) in [5.41, 5.74) is 5.24. The molecular formula is C27H36N6O2. The minimum atomic E-state index is -0.608. The molecule has 2 heterocycles. The van der Waals surface area contributed by atoms with Crippen molar-refractivity contribution in [2.75, 3.05) is 5.32 Å². The summed E-state index contributed by atoms with van der Waals surface area (Å²) >= 11 is 0. The molecule has 35 heavy (non-hydrogen) atoms. The molecule has 1 aliphatic rings. The van der Waals surface area contributed by atoms with Gasteiger partial charge in [-0.25, -0.2) is 0 Å². The number of rotatable bonds is 7. The third-order valence-corrected chi connectivity index (χ3v) is 7.06. The predicted octanol–water partition coefficient (Wildman–Crippen LogP) is 5.03. The molecule has 0 saturated heterocycles. The van der Waals surface area contributed by atoms with Crippen LogP contribution in [0, 0.1) is 25.7 Å². The maximum atomic E-state index is 13.5. The standard InChI is InChI=1S/C27H36N6O2/c1-16(2)33-23(14-15-28-33)26(34)30-25(21-8-6-17(3)7-9-21)27(35)29-22-12-10-20(11-13-22)24-18(4)31-32-19(24)5/h10-17,21,25H,6-9H2,1-5H3,(H,29,35)(H,30,34)(H,31,32)/t17-,21-,25-/m0/s1. The minimum Gasteiger partial charge on any atom is -0.339 e. The molecule has 3 aromatic rings. The maximum Gasteiger partial charge on any atom is 0.270 e. The van der Waals surface area contributed by atoms with E-state index in [0.29, 0.717) is 17.3 Å². The number of aromatic nitrogens is 4. The molecule has 1 atom stereocenters. The second-order valence-corrected chi connectivity index (χ2v) is 10.1. The summed E-state index contributed by atoms with van der Waals surface area (Å²) in [5.74, 6) is 0.296. The Morgan fingerprint density at radius 3 is 2.34 bits per heavy atom. The van der Waals surface area contributed by atoms with E-state index >= 15 is 0 Å². The van der Waals surface area contributed by atoms with E-state index in [1.165, 1.54) is 0 Å². The fourth-order valence-electron chi connectivity index (χ4n) is 5.05. The van der Waals surface area contributed by atoms with Crippen LogP contribution in [0.3, 0.4) is 0 Å². The summed E-state index contributed by atoms with van der Waals surface area (Å²) < 4.78 is 1.69. The molecular weight excluding hydrogens is 440 g/mol. The molecule has 8 nitrogen and oxygen atoms in total. The van der Waals surface area contributed by atoms with Crippen LogP contribution in [0.5, 0.6) is 0 Å². The molecule has 186 valence electrons. The van der Waals surface area contributed by atoms with Crippen molar-refractivity contribution >= 4 is 17.5 Å². The van der Waals surface area contributed by atoms with Gasteiger partial charge in [0.1, 0.15) is 11.7 Å². The van der Waals surface area contributed by atoms with Gasteiger partial charge in [-0.3, -0.25) is 19.4 Å². The summed E-state index contributed by atoms with van der Waals surface area (Å²) in [6, 6.07) is 8.91. The monoisotopic (exact) mass is 476 g/mol. The molecule has 0 spiro atoms. The van der Waals surface area contributed by atoms with E-state index in [9.17, 15) is 9.59 Å². The van der Waals surface area contributed by atoms with Gasteiger partial charge < -0.3 is 10.6 Å². The van der Waals surface area contributed by atoms with E-state index < -0.39 is 6.04 Å². The Labute approximate surface area is 206 Å². The van der Waals surface area contributed by atoms with E-state index in [1.807, 2.05) is 52.0 Å². The summed E-state index contributed by atoms with van der Waals surface area (Å²) in [6.45, 7) is 10.2. The number of aryl methyl sites for hydroxylation is 2. The summed E-state index contributed by atoms with van der Waals surface area (Å²) in [4.78, 5) is 26.7. The third-order valence-electron chi connectivity index (χ3n) is 7.06. The number of hydrogen-bond donors (Lipinski definition) is 3. The van der Waals surface area contributed by atoms with Crippen molar-refractivity contribution in [2.45, 2.75) is 72.4 Å². The Bertz CT molecular complexity index is 1150. The van der Waals surface area contributed by atoms with Crippen LogP contribution in [0.2, 0.25) is 0 Å². The first-order valence-electron chi connectivity index (χ1n) is 12.5. The molecule has 2 amide bonds. The van der Waals surface area contributed by atoms with Gasteiger partial charge in [0.25, 0.3) is 5.91 Å². The molecule has 1 fully saturated rings. The zero-order chi connectivity index (χ0) is 25.1. The quantitative estimate of drug-likeness (QED) is 0.444. The van der Waals surface area contributed by atoms with Crippen LogP contribution >= 0.6 is 0 Å². The van der Waals surface area contributed by atoms with E-state index in [1.54, 1.807) is 16.9 Å². The van der Waals surface area contributed by atoms with Crippen molar-refractivity contribution in [1.82, 2.24) is 25.3 Å². The molecule has 0 radical (unpaired) electrons. The molecule has 0 bridgehead atoms. The van der Waals surface area contributed by atoms with Crippen molar-refractivity contribution in [2.24, 2.45) is 11.8 Å². The lowest BCUT2D eigenvalue weighted by molar-refractivity contribution is -0.119. The number of anilines is 1. The van der Waals surface area contributed by atoms with Gasteiger partial charge in [-0.1, -0.05) is 31.9 Å². The first kappa shape index (κ1) is 24.7. The van der Waals surface area contributed by atoms with Crippen molar-refractivity contribution in [3.8, 4) is 11.1 Å². The number of amides is 2. The highest BCUT2D eigenvalue weighted by molar-refractivity contribution is 6.00. The number of nitrogens with zero attached hydrogens (tertiary/aromatic N) is 3. The van der Waals surface area contributed by atoms with Crippen molar-refractivity contribution < 1.29 is 9.59 Å². The van der Waals surface area contributed by atoms with Crippen molar-refractivity contribution in [3.05, 3.63) is 53.6 Å². The lowest BCUT2D eigenvalue weighted by atomic mass is 9.79. The van der Waals surface area contributed by atoms with Crippen LogP contribution in [-0.4, -0.2) is 37.8 Å². The van der Waals surface area contributed by atoms with Gasteiger partial charge in [-0.15, -0.1) is 0 Å². The number of benzene rings is 1. The topological polar surface area (TPSA) is 105 Å². The van der Waals surface area contributed by atoms with Crippen molar-refractivity contribution in [3.63, 3.8) is 0 Å². The van der Waals surface area contributed by atoms with Crippen LogP contribution in [0.1, 0.15) is 74.4 Å². The largest absolute Gasteiger partial charge is 0.339 e. The number of carbonyl (C=O) groups is 2. The van der Waals surface area contributed by atoms with Crippen LogP contribution in [0.15, 0.2) is 36.5 Å². The van der Waals surface area contributed by atoms with E-state index in [0.717, 1.165) is 48.2 Å². The summed E-state index contributed by atoms with van der Waals surface area (Å²) in [5, 5.41) is 17.6. The fraction of sp³-hybridized carbons (Fsp3) is 0.481. The molecule has 1 aliphatic carbocycles. The molecule has 1 aromatic carbocycles. The first-order valence-corrected chi connectivity index (χ1v) is 12.5. The van der Waals surface area contributed by atoms with Crippen LogP contribution in [0.25, 0.3) is 11.1 Å². The van der Waals surface area contributed by atoms with Gasteiger partial charge >= 0.3 is 0 Å². The first-order chi connectivity index (χ1) is 16.7. The zero-order valence-corrected chi connectivity index (χ0v) is 21.3. The smallest absolute Gasteiger partial charge is 0.270 e. The predicted molar refractivity (Wildman–Crippen MR) is 137 cm³/mol. The Morgan fingerprint density at radius 2 is 1.74 bits per heavy atom. The minimum absolute atomic E-state index is 0.0505. The average Bonchev–Trinajstić information content (AvgIpc) is 3.45. The van der Waals surface area contributed by atoms with Gasteiger partial charge in [0.2, 0.25) is 5.91 Å². The van der Waals surface area contributed by atoms with Crippen LogP contribution < -0.4 is 10.6 Å². The second-order valence-electron chi connectivity index (χ2n) is 10.1. The molecule has 4 rings (SSSR count). The lowest BCUT2D eigenvalue weighted by Gasteiger charge is -2.32. The molecule has 2 aromatic heterocycles. The Morgan fingerprint density at radius 1 is 1.06 bits per heavy atom. The average molecular weight is 477 g/mol. The SMILES string of the molecule is Cc1n[nH]c(C)c1-c1ccc(NC(=O)[C@@H](NC(=O)c2ccnn2C(C)C)[C@H]2CC[C@H](C)CC2)cc1. The Kier molecular flexibility index (Phi) is 7.38. The Balaban J connectivity index is 1.52. The van der Waals surface area contributed by atoms with E-state index in [4.69, 9.17) is 0 Å². The van der Waals surface area contributed by atoms with Gasteiger partial charge in [-0.2, -0.15) is 10.2 Å². The second kappa shape index (κ2) is 10.5. The number of nitrogens with one attached hydrogen (secondary N) is 3. The Hall–Kier alpha value is -3.42. The highest BCUT2D eigenvalue weighted by atomic mass is 16.2. The third kappa shape index (κ3) is 5.47. The van der Waals surface area contributed by atoms with E-state index in [-0.39, 0.29) is 23.8 Å². The molecule has 0 aliphatic heterocycles. The lowest BCUT2D eigenvalue weighted by Crippen LogP contribution is -2.49. The van der Waals surface area contributed by atoms with Crippen LogP contribution in [-0.2, 0) is 4.79 Å². The van der Waals surface area contributed by atoms with Gasteiger partial charge in [0.05, 0.1) is 5.69 Å². The summed E-state index contributed by atoms with van der Waals surface area (Å²) in [6.07, 6.45) is 5.58. The highest BCUT2D eigenvalue weighted by Gasteiger charge is 2.33. The number of aromatic amines is 1. The van der Waals surface area contributed by atoms with E-state index in [2.05, 4.69) is 32.9 Å². The molecule has 8 heteroatoms. The molecule has 3 N–H and O–H groups in total. The maximum absolute atomic E-state index is 13.5. The van der Waals surface area contributed by atoms with Crippen molar-refractivity contribution in [1.29, 1.82) is 0 Å².